The number of rotatable bonds is 7. The molecule has 0 spiro atoms. The number of carbonyl (C=O) groups is 2. The van der Waals surface area contributed by atoms with Crippen LogP contribution in [0.15, 0.2) is 30.3 Å². The number of aryl methyl sites for hydroxylation is 1. The Labute approximate surface area is 168 Å². The Balaban J connectivity index is 1.30. The summed E-state index contributed by atoms with van der Waals surface area (Å²) in [7, 11) is 0. The van der Waals surface area contributed by atoms with Gasteiger partial charge < -0.3 is 14.5 Å². The van der Waals surface area contributed by atoms with Gasteiger partial charge in [0.05, 0.1) is 6.04 Å². The molecule has 5 heteroatoms. The Kier molecular flexibility index (Phi) is 6.30. The van der Waals surface area contributed by atoms with Gasteiger partial charge in [0.2, 0.25) is 11.8 Å². The third-order valence-electron chi connectivity index (χ3n) is 6.37. The van der Waals surface area contributed by atoms with Crippen molar-refractivity contribution in [3.8, 4) is 0 Å². The van der Waals surface area contributed by atoms with E-state index in [1.54, 1.807) is 0 Å². The molecule has 3 aliphatic rings. The second-order valence-electron chi connectivity index (χ2n) is 8.48. The number of ether oxygens (including phenoxy) is 1. The molecule has 1 aliphatic carbocycles. The number of benzene rings is 1. The Bertz CT molecular complexity index is 668. The van der Waals surface area contributed by atoms with Crippen LogP contribution in [0.3, 0.4) is 0 Å². The van der Waals surface area contributed by atoms with E-state index in [4.69, 9.17) is 4.74 Å². The molecule has 0 aromatic heterocycles. The number of likely N-dealkylation sites (tertiary alicyclic amines) is 1. The van der Waals surface area contributed by atoms with Gasteiger partial charge in [-0.3, -0.25) is 9.59 Å². The van der Waals surface area contributed by atoms with E-state index in [0.29, 0.717) is 24.9 Å². The molecule has 28 heavy (non-hydrogen) atoms. The maximum Gasteiger partial charge on any atom is 0.226 e. The molecule has 1 atom stereocenters. The van der Waals surface area contributed by atoms with Gasteiger partial charge in [-0.2, -0.15) is 0 Å². The standard InChI is InChI=1S/C23H32N2O3/c26-22(8-4-7-18-5-2-1-3-6-18)24-14-11-21(17-24)25(23(27)19-9-10-19)20-12-15-28-16-13-20/h1-3,5-6,19-21H,4,7-17H2. The minimum atomic E-state index is 0.189. The topological polar surface area (TPSA) is 49.9 Å². The van der Waals surface area contributed by atoms with E-state index in [0.717, 1.165) is 64.7 Å². The van der Waals surface area contributed by atoms with Gasteiger partial charge in [0.25, 0.3) is 0 Å². The van der Waals surface area contributed by atoms with E-state index < -0.39 is 0 Å². The first kappa shape index (κ1) is 19.4. The van der Waals surface area contributed by atoms with Crippen LogP contribution in [0.2, 0.25) is 0 Å². The summed E-state index contributed by atoms with van der Waals surface area (Å²) in [6.45, 7) is 2.98. The van der Waals surface area contributed by atoms with Crippen LogP contribution in [-0.4, -0.2) is 60.0 Å². The van der Waals surface area contributed by atoms with Crippen LogP contribution in [0.25, 0.3) is 0 Å². The molecule has 4 rings (SSSR count). The molecule has 2 amide bonds. The lowest BCUT2D eigenvalue weighted by Gasteiger charge is -2.38. The monoisotopic (exact) mass is 384 g/mol. The molecule has 0 radical (unpaired) electrons. The first-order chi connectivity index (χ1) is 13.7. The lowest BCUT2D eigenvalue weighted by molar-refractivity contribution is -0.140. The highest BCUT2D eigenvalue weighted by Crippen LogP contribution is 2.35. The highest BCUT2D eigenvalue weighted by molar-refractivity contribution is 5.82. The van der Waals surface area contributed by atoms with Crippen molar-refractivity contribution >= 4 is 11.8 Å². The molecule has 152 valence electrons. The van der Waals surface area contributed by atoms with E-state index in [1.165, 1.54) is 5.56 Å². The van der Waals surface area contributed by atoms with Gasteiger partial charge in [0, 0.05) is 44.7 Å². The molecule has 0 bridgehead atoms. The fraction of sp³-hybridized carbons (Fsp3) is 0.652. The lowest BCUT2D eigenvalue weighted by Crippen LogP contribution is -2.51. The second kappa shape index (κ2) is 9.08. The molecule has 5 nitrogen and oxygen atoms in total. The molecule has 1 saturated carbocycles. The molecule has 2 heterocycles. The molecule has 1 aromatic rings. The van der Waals surface area contributed by atoms with E-state index in [2.05, 4.69) is 17.0 Å². The molecule has 0 N–H and O–H groups in total. The normalized spacial score (nSPS) is 23.0. The third-order valence-corrected chi connectivity index (χ3v) is 6.37. The van der Waals surface area contributed by atoms with Gasteiger partial charge >= 0.3 is 0 Å². The smallest absolute Gasteiger partial charge is 0.226 e. The summed E-state index contributed by atoms with van der Waals surface area (Å²) >= 11 is 0. The van der Waals surface area contributed by atoms with E-state index in [1.807, 2.05) is 23.1 Å². The van der Waals surface area contributed by atoms with Gasteiger partial charge in [-0.15, -0.1) is 0 Å². The van der Waals surface area contributed by atoms with Gasteiger partial charge in [0.15, 0.2) is 0 Å². The summed E-state index contributed by atoms with van der Waals surface area (Å²) in [5, 5.41) is 0. The second-order valence-corrected chi connectivity index (χ2v) is 8.48. The molecule has 1 aromatic carbocycles. The average molecular weight is 385 g/mol. The average Bonchev–Trinajstić information content (AvgIpc) is 3.48. The minimum absolute atomic E-state index is 0.189. The summed E-state index contributed by atoms with van der Waals surface area (Å²) in [5.41, 5.74) is 1.29. The molecule has 3 fully saturated rings. The quantitative estimate of drug-likeness (QED) is 0.726. The summed E-state index contributed by atoms with van der Waals surface area (Å²) in [6.07, 6.45) is 7.27. The maximum atomic E-state index is 13.0. The van der Waals surface area contributed by atoms with Crippen molar-refractivity contribution < 1.29 is 14.3 Å². The highest BCUT2D eigenvalue weighted by atomic mass is 16.5. The summed E-state index contributed by atoms with van der Waals surface area (Å²) in [4.78, 5) is 29.8. The number of amides is 2. The number of carbonyl (C=O) groups excluding carboxylic acids is 2. The molecule has 2 aliphatic heterocycles. The zero-order valence-electron chi connectivity index (χ0n) is 16.7. The first-order valence-corrected chi connectivity index (χ1v) is 10.9. The van der Waals surface area contributed by atoms with Crippen LogP contribution < -0.4 is 0 Å². The Morgan fingerprint density at radius 3 is 2.46 bits per heavy atom. The third kappa shape index (κ3) is 4.75. The Morgan fingerprint density at radius 2 is 1.75 bits per heavy atom. The Hall–Kier alpha value is -1.88. The van der Waals surface area contributed by atoms with Crippen molar-refractivity contribution in [3.63, 3.8) is 0 Å². The molecule has 2 saturated heterocycles. The largest absolute Gasteiger partial charge is 0.381 e. The first-order valence-electron chi connectivity index (χ1n) is 10.9. The van der Waals surface area contributed by atoms with Gasteiger partial charge in [0.1, 0.15) is 0 Å². The van der Waals surface area contributed by atoms with E-state index in [9.17, 15) is 9.59 Å². The van der Waals surface area contributed by atoms with Crippen LogP contribution in [0.1, 0.15) is 50.5 Å². The van der Waals surface area contributed by atoms with Crippen molar-refractivity contribution in [1.29, 1.82) is 0 Å². The summed E-state index contributed by atoms with van der Waals surface area (Å²) in [5.74, 6) is 0.804. The van der Waals surface area contributed by atoms with Crippen LogP contribution in [-0.2, 0) is 20.7 Å². The molecular formula is C23H32N2O3. The van der Waals surface area contributed by atoms with Crippen molar-refractivity contribution in [1.82, 2.24) is 9.80 Å². The lowest BCUT2D eigenvalue weighted by atomic mass is 10.0. The SMILES string of the molecule is O=C(CCCc1ccccc1)N1CCC(N(C(=O)C2CC2)C2CCOCC2)C1. The van der Waals surface area contributed by atoms with Crippen LogP contribution in [0.5, 0.6) is 0 Å². The van der Waals surface area contributed by atoms with Crippen molar-refractivity contribution in [2.45, 2.75) is 63.5 Å². The predicted octanol–water partition coefficient (Wildman–Crippen LogP) is 3.03. The van der Waals surface area contributed by atoms with Crippen LogP contribution >= 0.6 is 0 Å². The molecule has 1 unspecified atom stereocenters. The van der Waals surface area contributed by atoms with Gasteiger partial charge in [-0.1, -0.05) is 30.3 Å². The fourth-order valence-corrected chi connectivity index (χ4v) is 4.60. The van der Waals surface area contributed by atoms with Crippen LogP contribution in [0, 0.1) is 5.92 Å². The number of nitrogens with zero attached hydrogens (tertiary/aromatic N) is 2. The fourth-order valence-electron chi connectivity index (χ4n) is 4.60. The van der Waals surface area contributed by atoms with Crippen molar-refractivity contribution in [2.24, 2.45) is 5.92 Å². The number of hydrogen-bond donors (Lipinski definition) is 0. The maximum absolute atomic E-state index is 13.0. The predicted molar refractivity (Wildman–Crippen MR) is 108 cm³/mol. The van der Waals surface area contributed by atoms with E-state index >= 15 is 0 Å². The molecular weight excluding hydrogens is 352 g/mol. The summed E-state index contributed by atoms with van der Waals surface area (Å²) in [6, 6.07) is 10.8. The van der Waals surface area contributed by atoms with Crippen molar-refractivity contribution in [2.75, 3.05) is 26.3 Å². The van der Waals surface area contributed by atoms with E-state index in [-0.39, 0.29) is 17.9 Å². The van der Waals surface area contributed by atoms with Crippen LogP contribution in [0.4, 0.5) is 0 Å². The van der Waals surface area contributed by atoms with Gasteiger partial charge in [-0.25, -0.2) is 0 Å². The highest BCUT2D eigenvalue weighted by Gasteiger charge is 2.42. The summed E-state index contributed by atoms with van der Waals surface area (Å²) < 4.78 is 5.51. The minimum Gasteiger partial charge on any atom is -0.381 e. The Morgan fingerprint density at radius 1 is 1.00 bits per heavy atom. The zero-order chi connectivity index (χ0) is 19.3. The van der Waals surface area contributed by atoms with Gasteiger partial charge in [-0.05, 0) is 50.5 Å². The number of hydrogen-bond acceptors (Lipinski definition) is 3. The zero-order valence-corrected chi connectivity index (χ0v) is 16.7. The van der Waals surface area contributed by atoms with Crippen molar-refractivity contribution in [3.05, 3.63) is 35.9 Å².